The average molecular weight is 425 g/mol. The number of amides is 1. The summed E-state index contributed by atoms with van der Waals surface area (Å²) in [6.45, 7) is 0.563. The number of carbonyl (C=O) groups excluding carboxylic acids is 1. The highest BCUT2D eigenvalue weighted by Crippen LogP contribution is 2.30. The predicted octanol–water partition coefficient (Wildman–Crippen LogP) is 6.21. The minimum Gasteiger partial charge on any atom is -0.342 e. The van der Waals surface area contributed by atoms with Gasteiger partial charge in [-0.05, 0) is 42.0 Å². The van der Waals surface area contributed by atoms with Gasteiger partial charge >= 0.3 is 0 Å². The number of nitrogens with one attached hydrogen (secondary N) is 1. The first-order valence-electron chi connectivity index (χ1n) is 9.09. The third kappa shape index (κ3) is 4.81. The molecule has 0 saturated heterocycles. The van der Waals surface area contributed by atoms with Gasteiger partial charge in [-0.3, -0.25) is 4.79 Å². The van der Waals surface area contributed by atoms with Crippen LogP contribution in [0.25, 0.3) is 10.9 Å². The molecule has 1 amide bonds. The summed E-state index contributed by atoms with van der Waals surface area (Å²) in [7, 11) is 0. The fraction of sp³-hybridized carbons (Fsp3) is 0.0870. The number of para-hydroxylation sites is 1. The number of carbonyl (C=O) groups is 1. The third-order valence-electron chi connectivity index (χ3n) is 4.46. The van der Waals surface area contributed by atoms with Crippen molar-refractivity contribution < 1.29 is 9.18 Å². The molecule has 0 radical (unpaired) electrons. The van der Waals surface area contributed by atoms with Gasteiger partial charge in [-0.15, -0.1) is 11.8 Å². The lowest BCUT2D eigenvalue weighted by Gasteiger charge is -2.05. The summed E-state index contributed by atoms with van der Waals surface area (Å²) in [5.74, 6) is -0.0639. The van der Waals surface area contributed by atoms with Gasteiger partial charge in [-0.2, -0.15) is 0 Å². The lowest BCUT2D eigenvalue weighted by Crippen LogP contribution is -2.13. The summed E-state index contributed by atoms with van der Waals surface area (Å²) in [6, 6.07) is 21.7. The number of hydrogen-bond acceptors (Lipinski definition) is 2. The fourth-order valence-corrected chi connectivity index (χ4v) is 4.28. The molecule has 1 aromatic heterocycles. The number of thioether (sulfide) groups is 1. The van der Waals surface area contributed by atoms with Crippen LogP contribution < -0.4 is 5.32 Å². The van der Waals surface area contributed by atoms with Crippen LogP contribution >= 0.6 is 23.4 Å². The van der Waals surface area contributed by atoms with E-state index in [2.05, 4.69) is 9.88 Å². The fourth-order valence-electron chi connectivity index (χ4n) is 3.20. The number of halogens is 2. The molecule has 0 saturated carbocycles. The molecular weight excluding hydrogens is 407 g/mol. The number of hydrogen-bond donors (Lipinski definition) is 1. The van der Waals surface area contributed by atoms with Crippen LogP contribution in [0.5, 0.6) is 0 Å². The van der Waals surface area contributed by atoms with Crippen LogP contribution in [0.15, 0.2) is 83.9 Å². The zero-order chi connectivity index (χ0) is 20.2. The number of aromatic nitrogens is 1. The van der Waals surface area contributed by atoms with Crippen molar-refractivity contribution in [3.63, 3.8) is 0 Å². The van der Waals surface area contributed by atoms with Gasteiger partial charge in [-0.25, -0.2) is 4.39 Å². The summed E-state index contributed by atoms with van der Waals surface area (Å²) in [5, 5.41) is 4.51. The molecule has 4 aromatic rings. The van der Waals surface area contributed by atoms with Crippen molar-refractivity contribution in [3.05, 3.63) is 95.4 Å². The Morgan fingerprint density at radius 2 is 1.86 bits per heavy atom. The Morgan fingerprint density at radius 1 is 1.03 bits per heavy atom. The summed E-state index contributed by atoms with van der Waals surface area (Å²) in [4.78, 5) is 13.4. The molecule has 6 heteroatoms. The summed E-state index contributed by atoms with van der Waals surface area (Å²) < 4.78 is 15.6. The van der Waals surface area contributed by atoms with Crippen LogP contribution in [0.1, 0.15) is 5.56 Å². The maximum Gasteiger partial charge on any atom is 0.234 e. The van der Waals surface area contributed by atoms with E-state index in [4.69, 9.17) is 11.6 Å². The van der Waals surface area contributed by atoms with Gasteiger partial charge in [0.1, 0.15) is 5.82 Å². The number of rotatable bonds is 6. The Balaban J connectivity index is 1.51. The second-order valence-corrected chi connectivity index (χ2v) is 8.07. The molecule has 3 nitrogen and oxygen atoms in total. The molecule has 0 fully saturated rings. The zero-order valence-corrected chi connectivity index (χ0v) is 17.0. The molecule has 1 N–H and O–H groups in total. The first-order valence-corrected chi connectivity index (χ1v) is 10.5. The Morgan fingerprint density at radius 3 is 2.69 bits per heavy atom. The van der Waals surface area contributed by atoms with E-state index in [0.29, 0.717) is 17.3 Å². The molecule has 0 spiro atoms. The van der Waals surface area contributed by atoms with E-state index >= 15 is 0 Å². The molecule has 29 heavy (non-hydrogen) atoms. The Hall–Kier alpha value is -2.76. The monoisotopic (exact) mass is 424 g/mol. The van der Waals surface area contributed by atoms with Gasteiger partial charge in [0.2, 0.25) is 5.91 Å². The van der Waals surface area contributed by atoms with E-state index in [1.54, 1.807) is 36.4 Å². The van der Waals surface area contributed by atoms with E-state index in [1.165, 1.54) is 17.8 Å². The summed E-state index contributed by atoms with van der Waals surface area (Å²) >= 11 is 7.44. The SMILES string of the molecule is O=C(CSc1cn(Cc2cccc(F)c2)c2ccccc12)Nc1cccc(Cl)c1. The average Bonchev–Trinajstić information content (AvgIpc) is 3.04. The van der Waals surface area contributed by atoms with Crippen molar-refractivity contribution in [2.24, 2.45) is 0 Å². The Bertz CT molecular complexity index is 1170. The molecule has 1 heterocycles. The summed E-state index contributed by atoms with van der Waals surface area (Å²) in [5.41, 5.74) is 2.62. The quantitative estimate of drug-likeness (QED) is 0.373. The topological polar surface area (TPSA) is 34.0 Å². The van der Waals surface area contributed by atoms with Gasteiger partial charge in [0.15, 0.2) is 0 Å². The van der Waals surface area contributed by atoms with Crippen LogP contribution in [-0.4, -0.2) is 16.2 Å². The standard InChI is InChI=1S/C23H18ClFN2OS/c24-17-6-4-8-19(12-17)26-23(28)15-29-22-14-27(21-10-2-1-9-20(21)22)13-16-5-3-7-18(25)11-16/h1-12,14H,13,15H2,(H,26,28). The number of nitrogens with zero attached hydrogens (tertiary/aromatic N) is 1. The van der Waals surface area contributed by atoms with Crippen molar-refractivity contribution >= 4 is 45.9 Å². The highest BCUT2D eigenvalue weighted by molar-refractivity contribution is 8.00. The minimum absolute atomic E-state index is 0.0979. The molecule has 4 rings (SSSR count). The van der Waals surface area contributed by atoms with Crippen LogP contribution in [0.3, 0.4) is 0 Å². The largest absolute Gasteiger partial charge is 0.342 e. The molecule has 0 unspecified atom stereocenters. The van der Waals surface area contributed by atoms with Gasteiger partial charge < -0.3 is 9.88 Å². The lowest BCUT2D eigenvalue weighted by atomic mass is 10.2. The molecule has 3 aromatic carbocycles. The maximum atomic E-state index is 13.5. The minimum atomic E-state index is -0.244. The lowest BCUT2D eigenvalue weighted by molar-refractivity contribution is -0.113. The van der Waals surface area contributed by atoms with Gasteiger partial charge in [-0.1, -0.05) is 48.0 Å². The highest BCUT2D eigenvalue weighted by Gasteiger charge is 2.11. The van der Waals surface area contributed by atoms with E-state index in [-0.39, 0.29) is 17.5 Å². The van der Waals surface area contributed by atoms with Crippen molar-refractivity contribution in [1.29, 1.82) is 0 Å². The number of fused-ring (bicyclic) bond motifs is 1. The highest BCUT2D eigenvalue weighted by atomic mass is 35.5. The zero-order valence-electron chi connectivity index (χ0n) is 15.4. The van der Waals surface area contributed by atoms with Crippen molar-refractivity contribution in [1.82, 2.24) is 4.57 Å². The van der Waals surface area contributed by atoms with Crippen molar-refractivity contribution in [3.8, 4) is 0 Å². The molecule has 0 bridgehead atoms. The second-order valence-electron chi connectivity index (χ2n) is 6.62. The smallest absolute Gasteiger partial charge is 0.234 e. The normalized spacial score (nSPS) is 11.0. The van der Waals surface area contributed by atoms with Gasteiger partial charge in [0.05, 0.1) is 5.75 Å². The van der Waals surface area contributed by atoms with Crippen molar-refractivity contribution in [2.75, 3.05) is 11.1 Å². The maximum absolute atomic E-state index is 13.5. The Kier molecular flexibility index (Phi) is 5.88. The molecule has 0 aliphatic heterocycles. The predicted molar refractivity (Wildman–Crippen MR) is 118 cm³/mol. The second kappa shape index (κ2) is 8.72. The Labute approximate surface area is 177 Å². The molecule has 0 aliphatic carbocycles. The number of benzene rings is 3. The summed E-state index contributed by atoms with van der Waals surface area (Å²) in [6.07, 6.45) is 2.02. The third-order valence-corrected chi connectivity index (χ3v) is 5.74. The molecule has 146 valence electrons. The van der Waals surface area contributed by atoms with Gasteiger partial charge in [0.25, 0.3) is 0 Å². The van der Waals surface area contributed by atoms with Crippen LogP contribution in [0.4, 0.5) is 10.1 Å². The van der Waals surface area contributed by atoms with Crippen LogP contribution in [0, 0.1) is 5.82 Å². The van der Waals surface area contributed by atoms with Crippen LogP contribution in [-0.2, 0) is 11.3 Å². The molecule has 0 aliphatic rings. The van der Waals surface area contributed by atoms with Gasteiger partial charge in [0, 0.05) is 39.3 Å². The first-order chi connectivity index (χ1) is 14.1. The first kappa shape index (κ1) is 19.6. The van der Waals surface area contributed by atoms with E-state index in [9.17, 15) is 9.18 Å². The molecular formula is C23H18ClFN2OS. The molecule has 0 atom stereocenters. The van der Waals surface area contributed by atoms with E-state index < -0.39 is 0 Å². The van der Waals surface area contributed by atoms with E-state index in [0.717, 1.165) is 21.4 Å². The van der Waals surface area contributed by atoms with E-state index in [1.807, 2.05) is 36.5 Å². The number of anilines is 1. The van der Waals surface area contributed by atoms with Crippen LogP contribution in [0.2, 0.25) is 5.02 Å². The van der Waals surface area contributed by atoms with Crippen molar-refractivity contribution in [2.45, 2.75) is 11.4 Å².